The lowest BCUT2D eigenvalue weighted by atomic mass is 10.1. The summed E-state index contributed by atoms with van der Waals surface area (Å²) in [6.45, 7) is 3.38. The first kappa shape index (κ1) is 11.8. The van der Waals surface area contributed by atoms with E-state index in [1.54, 1.807) is 0 Å². The molecule has 96 valence electrons. The summed E-state index contributed by atoms with van der Waals surface area (Å²) in [7, 11) is 2.21. The Labute approximate surface area is 108 Å². The third-order valence-electron chi connectivity index (χ3n) is 3.84. The number of likely N-dealkylation sites (N-methyl/N-ethyl adjacent to an activating group) is 1. The quantitative estimate of drug-likeness (QED) is 0.867. The van der Waals surface area contributed by atoms with Crippen LogP contribution in [0.4, 0.5) is 0 Å². The number of benzene rings is 1. The molecule has 0 bridgehead atoms. The van der Waals surface area contributed by atoms with E-state index in [4.69, 9.17) is 0 Å². The van der Waals surface area contributed by atoms with E-state index in [1.165, 1.54) is 42.4 Å². The first-order chi connectivity index (χ1) is 8.81. The highest BCUT2D eigenvalue weighted by Crippen LogP contribution is 2.15. The van der Waals surface area contributed by atoms with E-state index in [2.05, 4.69) is 46.5 Å². The van der Waals surface area contributed by atoms with Gasteiger partial charge < -0.3 is 15.2 Å². The third-order valence-corrected chi connectivity index (χ3v) is 3.84. The monoisotopic (exact) mass is 243 g/mol. The van der Waals surface area contributed by atoms with Gasteiger partial charge in [-0.2, -0.15) is 0 Å². The number of hydrogen-bond donors (Lipinski definition) is 2. The van der Waals surface area contributed by atoms with Crippen molar-refractivity contribution >= 4 is 10.9 Å². The maximum absolute atomic E-state index is 3.67. The van der Waals surface area contributed by atoms with E-state index < -0.39 is 0 Å². The van der Waals surface area contributed by atoms with E-state index in [0.29, 0.717) is 6.04 Å². The topological polar surface area (TPSA) is 31.1 Å². The van der Waals surface area contributed by atoms with Gasteiger partial charge in [0.25, 0.3) is 0 Å². The average molecular weight is 243 g/mol. The Morgan fingerprint density at radius 3 is 3.22 bits per heavy atom. The highest BCUT2D eigenvalue weighted by Gasteiger charge is 2.16. The summed E-state index contributed by atoms with van der Waals surface area (Å²) in [6, 6.07) is 9.41. The highest BCUT2D eigenvalue weighted by atomic mass is 15.1. The predicted molar refractivity (Wildman–Crippen MR) is 75.7 cm³/mol. The third kappa shape index (κ3) is 2.57. The molecular formula is C15H21N3. The average Bonchev–Trinajstić information content (AvgIpc) is 2.84. The number of rotatable bonds is 3. The van der Waals surface area contributed by atoms with Crippen LogP contribution in [0.15, 0.2) is 30.5 Å². The summed E-state index contributed by atoms with van der Waals surface area (Å²) in [5, 5.41) is 4.96. The standard InChI is InChI=1S/C15H21N3/c1-18-8-2-3-14(11-18)17-10-12-4-5-13-6-7-16-15(13)9-12/h4-7,9,14,16-17H,2-3,8,10-11H2,1H3. The minimum atomic E-state index is 0.642. The molecule has 2 aromatic rings. The molecule has 0 saturated carbocycles. The van der Waals surface area contributed by atoms with Crippen LogP contribution in [0.25, 0.3) is 10.9 Å². The van der Waals surface area contributed by atoms with Gasteiger partial charge in [0.15, 0.2) is 0 Å². The second-order valence-electron chi connectivity index (χ2n) is 5.38. The lowest BCUT2D eigenvalue weighted by Gasteiger charge is -2.30. The number of H-pyrrole nitrogens is 1. The van der Waals surface area contributed by atoms with Crippen molar-refractivity contribution in [2.45, 2.75) is 25.4 Å². The van der Waals surface area contributed by atoms with E-state index in [-0.39, 0.29) is 0 Å². The molecule has 2 heterocycles. The summed E-state index contributed by atoms with van der Waals surface area (Å²) in [4.78, 5) is 5.68. The van der Waals surface area contributed by atoms with E-state index in [0.717, 1.165) is 6.54 Å². The SMILES string of the molecule is CN1CCCC(NCc2ccc3cc[nH]c3c2)C1. The molecule has 0 amide bonds. The second-order valence-corrected chi connectivity index (χ2v) is 5.38. The predicted octanol–water partition coefficient (Wildman–Crippen LogP) is 2.35. The van der Waals surface area contributed by atoms with E-state index in [1.807, 2.05) is 6.20 Å². The zero-order valence-corrected chi connectivity index (χ0v) is 10.9. The van der Waals surface area contributed by atoms with Crippen LogP contribution in [0.3, 0.4) is 0 Å². The van der Waals surface area contributed by atoms with E-state index in [9.17, 15) is 0 Å². The van der Waals surface area contributed by atoms with Crippen LogP contribution < -0.4 is 5.32 Å². The van der Waals surface area contributed by atoms with Gasteiger partial charge in [0, 0.05) is 30.8 Å². The smallest absolute Gasteiger partial charge is 0.0457 e. The fourth-order valence-electron chi connectivity index (χ4n) is 2.80. The Morgan fingerprint density at radius 2 is 2.33 bits per heavy atom. The van der Waals surface area contributed by atoms with Crippen molar-refractivity contribution in [1.82, 2.24) is 15.2 Å². The molecule has 3 rings (SSSR count). The molecular weight excluding hydrogens is 222 g/mol. The number of likely N-dealkylation sites (tertiary alicyclic amines) is 1. The highest BCUT2D eigenvalue weighted by molar-refractivity contribution is 5.79. The molecule has 1 aromatic carbocycles. The summed E-state index contributed by atoms with van der Waals surface area (Å²) in [5.74, 6) is 0. The van der Waals surface area contributed by atoms with Gasteiger partial charge in [0.05, 0.1) is 0 Å². The van der Waals surface area contributed by atoms with Crippen LogP contribution in [0.1, 0.15) is 18.4 Å². The molecule has 1 unspecified atom stereocenters. The number of aromatic amines is 1. The Kier molecular flexibility index (Phi) is 3.35. The summed E-state index contributed by atoms with van der Waals surface area (Å²) >= 11 is 0. The van der Waals surface area contributed by atoms with Crippen molar-refractivity contribution in [2.75, 3.05) is 20.1 Å². The Hall–Kier alpha value is -1.32. The number of piperidine rings is 1. The first-order valence-electron chi connectivity index (χ1n) is 6.79. The Bertz CT molecular complexity index is 517. The second kappa shape index (κ2) is 5.12. The number of hydrogen-bond acceptors (Lipinski definition) is 2. The minimum absolute atomic E-state index is 0.642. The van der Waals surface area contributed by atoms with Crippen LogP contribution in [0, 0.1) is 0 Å². The lowest BCUT2D eigenvalue weighted by Crippen LogP contribution is -2.43. The number of fused-ring (bicyclic) bond motifs is 1. The van der Waals surface area contributed by atoms with Gasteiger partial charge in [-0.05, 0) is 49.5 Å². The Balaban J connectivity index is 1.61. The molecule has 1 fully saturated rings. The zero-order chi connectivity index (χ0) is 12.4. The summed E-state index contributed by atoms with van der Waals surface area (Å²) in [5.41, 5.74) is 2.59. The molecule has 3 nitrogen and oxygen atoms in total. The molecule has 0 spiro atoms. The van der Waals surface area contributed by atoms with Crippen LogP contribution in [0.5, 0.6) is 0 Å². The van der Waals surface area contributed by atoms with Gasteiger partial charge in [0.1, 0.15) is 0 Å². The fraction of sp³-hybridized carbons (Fsp3) is 0.467. The zero-order valence-electron chi connectivity index (χ0n) is 10.9. The number of aromatic nitrogens is 1. The van der Waals surface area contributed by atoms with E-state index >= 15 is 0 Å². The molecule has 0 aliphatic carbocycles. The van der Waals surface area contributed by atoms with Crippen LogP contribution in [-0.4, -0.2) is 36.1 Å². The van der Waals surface area contributed by atoms with Gasteiger partial charge in [0.2, 0.25) is 0 Å². The van der Waals surface area contributed by atoms with Gasteiger partial charge in [-0.1, -0.05) is 12.1 Å². The van der Waals surface area contributed by atoms with Gasteiger partial charge >= 0.3 is 0 Å². The van der Waals surface area contributed by atoms with Crippen molar-refractivity contribution in [1.29, 1.82) is 0 Å². The molecule has 3 heteroatoms. The molecule has 1 aliphatic rings. The number of nitrogens with zero attached hydrogens (tertiary/aromatic N) is 1. The van der Waals surface area contributed by atoms with Gasteiger partial charge in [-0.3, -0.25) is 0 Å². The van der Waals surface area contributed by atoms with Gasteiger partial charge in [-0.15, -0.1) is 0 Å². The molecule has 18 heavy (non-hydrogen) atoms. The molecule has 1 atom stereocenters. The maximum atomic E-state index is 3.67. The van der Waals surface area contributed by atoms with Crippen molar-refractivity contribution in [3.8, 4) is 0 Å². The lowest BCUT2D eigenvalue weighted by molar-refractivity contribution is 0.226. The largest absolute Gasteiger partial charge is 0.361 e. The molecule has 0 radical (unpaired) electrons. The molecule has 1 aromatic heterocycles. The maximum Gasteiger partial charge on any atom is 0.0457 e. The van der Waals surface area contributed by atoms with Crippen LogP contribution >= 0.6 is 0 Å². The summed E-state index contributed by atoms with van der Waals surface area (Å²) in [6.07, 6.45) is 4.61. The van der Waals surface area contributed by atoms with Crippen molar-refractivity contribution < 1.29 is 0 Å². The number of nitrogens with one attached hydrogen (secondary N) is 2. The van der Waals surface area contributed by atoms with Crippen LogP contribution in [-0.2, 0) is 6.54 Å². The molecule has 1 aliphatic heterocycles. The van der Waals surface area contributed by atoms with Crippen molar-refractivity contribution in [3.63, 3.8) is 0 Å². The summed E-state index contributed by atoms with van der Waals surface area (Å²) < 4.78 is 0. The molecule has 1 saturated heterocycles. The van der Waals surface area contributed by atoms with Gasteiger partial charge in [-0.25, -0.2) is 0 Å². The van der Waals surface area contributed by atoms with Crippen LogP contribution in [0.2, 0.25) is 0 Å². The van der Waals surface area contributed by atoms with Crippen molar-refractivity contribution in [2.24, 2.45) is 0 Å². The normalized spacial score (nSPS) is 21.5. The molecule has 2 N–H and O–H groups in total. The fourth-order valence-corrected chi connectivity index (χ4v) is 2.80. The minimum Gasteiger partial charge on any atom is -0.361 e. The van der Waals surface area contributed by atoms with Crippen molar-refractivity contribution in [3.05, 3.63) is 36.0 Å². The first-order valence-corrected chi connectivity index (χ1v) is 6.79. The Morgan fingerprint density at radius 1 is 1.39 bits per heavy atom.